The Morgan fingerprint density at radius 1 is 1.14 bits per heavy atom. The van der Waals surface area contributed by atoms with Crippen molar-refractivity contribution in [2.75, 3.05) is 5.32 Å². The molecular formula is C15H11F2NO3. The van der Waals surface area contributed by atoms with Gasteiger partial charge in [0.05, 0.1) is 16.8 Å². The fraction of sp³-hybridized carbons (Fsp3) is 0.0667. The first kappa shape index (κ1) is 14.6. The van der Waals surface area contributed by atoms with Crippen LogP contribution in [0.15, 0.2) is 36.4 Å². The van der Waals surface area contributed by atoms with Crippen LogP contribution in [0, 0.1) is 18.6 Å². The van der Waals surface area contributed by atoms with Crippen molar-refractivity contribution < 1.29 is 23.5 Å². The molecule has 0 saturated carbocycles. The van der Waals surface area contributed by atoms with Gasteiger partial charge in [-0.2, -0.15) is 0 Å². The van der Waals surface area contributed by atoms with Crippen LogP contribution in [-0.4, -0.2) is 17.0 Å². The van der Waals surface area contributed by atoms with Gasteiger partial charge in [0, 0.05) is 0 Å². The number of aryl methyl sites for hydroxylation is 1. The maximum Gasteiger partial charge on any atom is 0.338 e. The van der Waals surface area contributed by atoms with Crippen molar-refractivity contribution in [2.24, 2.45) is 0 Å². The van der Waals surface area contributed by atoms with Crippen LogP contribution < -0.4 is 5.32 Å². The van der Waals surface area contributed by atoms with E-state index < -0.39 is 29.1 Å². The van der Waals surface area contributed by atoms with E-state index in [1.54, 1.807) is 19.1 Å². The molecule has 0 atom stereocenters. The van der Waals surface area contributed by atoms with Gasteiger partial charge in [0.1, 0.15) is 11.6 Å². The lowest BCUT2D eigenvalue weighted by molar-refractivity contribution is 0.0697. The Bertz CT molecular complexity index is 729. The number of halogens is 2. The number of rotatable bonds is 3. The van der Waals surface area contributed by atoms with Crippen LogP contribution >= 0.6 is 0 Å². The molecule has 108 valence electrons. The smallest absolute Gasteiger partial charge is 0.338 e. The second-order valence-corrected chi connectivity index (χ2v) is 4.38. The van der Waals surface area contributed by atoms with Crippen LogP contribution in [0.5, 0.6) is 0 Å². The molecule has 1 amide bonds. The first-order valence-corrected chi connectivity index (χ1v) is 5.99. The quantitative estimate of drug-likeness (QED) is 0.912. The van der Waals surface area contributed by atoms with E-state index in [0.29, 0.717) is 5.56 Å². The monoisotopic (exact) mass is 291 g/mol. The molecule has 0 aliphatic heterocycles. The Morgan fingerprint density at radius 2 is 1.86 bits per heavy atom. The summed E-state index contributed by atoms with van der Waals surface area (Å²) in [4.78, 5) is 23.2. The van der Waals surface area contributed by atoms with Crippen molar-refractivity contribution in [2.45, 2.75) is 6.92 Å². The zero-order valence-electron chi connectivity index (χ0n) is 11.0. The molecule has 0 spiro atoms. The van der Waals surface area contributed by atoms with E-state index in [1.807, 2.05) is 0 Å². The molecule has 0 radical (unpaired) electrons. The van der Waals surface area contributed by atoms with Crippen molar-refractivity contribution in [1.82, 2.24) is 0 Å². The second kappa shape index (κ2) is 5.70. The predicted molar refractivity (Wildman–Crippen MR) is 72.4 cm³/mol. The summed E-state index contributed by atoms with van der Waals surface area (Å²) in [6.45, 7) is 1.57. The average Bonchev–Trinajstić information content (AvgIpc) is 2.41. The third-order valence-electron chi connectivity index (χ3n) is 2.91. The number of carboxylic acid groups (broad SMARTS) is 1. The molecule has 0 unspecified atom stereocenters. The largest absolute Gasteiger partial charge is 0.478 e. The first-order chi connectivity index (χ1) is 9.90. The summed E-state index contributed by atoms with van der Waals surface area (Å²) in [5.74, 6) is -3.79. The molecule has 2 aromatic carbocycles. The van der Waals surface area contributed by atoms with Gasteiger partial charge in [-0.25, -0.2) is 13.6 Å². The SMILES string of the molecule is Cc1cccc(NC(=O)c2cc(F)ccc2F)c1C(=O)O. The topological polar surface area (TPSA) is 66.4 Å². The van der Waals surface area contributed by atoms with Gasteiger partial charge in [-0.15, -0.1) is 0 Å². The number of carboxylic acids is 1. The van der Waals surface area contributed by atoms with Gasteiger partial charge < -0.3 is 10.4 Å². The Morgan fingerprint density at radius 3 is 2.52 bits per heavy atom. The lowest BCUT2D eigenvalue weighted by Crippen LogP contribution is -2.17. The standard InChI is InChI=1S/C15H11F2NO3/c1-8-3-2-4-12(13(8)15(20)21)18-14(19)10-7-9(16)5-6-11(10)17/h2-7H,1H3,(H,18,19)(H,20,21). The number of benzene rings is 2. The highest BCUT2D eigenvalue weighted by molar-refractivity contribution is 6.08. The van der Waals surface area contributed by atoms with Crippen molar-refractivity contribution in [3.63, 3.8) is 0 Å². The zero-order chi connectivity index (χ0) is 15.6. The lowest BCUT2D eigenvalue weighted by Gasteiger charge is -2.11. The summed E-state index contributed by atoms with van der Waals surface area (Å²) in [5.41, 5.74) is -0.119. The van der Waals surface area contributed by atoms with Crippen LogP contribution in [0.4, 0.5) is 14.5 Å². The number of hydrogen-bond donors (Lipinski definition) is 2. The number of carbonyl (C=O) groups is 2. The number of amides is 1. The minimum Gasteiger partial charge on any atom is -0.478 e. The van der Waals surface area contributed by atoms with Crippen molar-refractivity contribution in [3.05, 3.63) is 64.7 Å². The Kier molecular flexibility index (Phi) is 3.98. The molecule has 0 aliphatic rings. The van der Waals surface area contributed by atoms with Gasteiger partial charge in [-0.3, -0.25) is 4.79 Å². The Hall–Kier alpha value is -2.76. The van der Waals surface area contributed by atoms with Crippen LogP contribution in [0.25, 0.3) is 0 Å². The lowest BCUT2D eigenvalue weighted by atomic mass is 10.1. The molecule has 2 N–H and O–H groups in total. The fourth-order valence-corrected chi connectivity index (χ4v) is 1.92. The summed E-state index contributed by atoms with van der Waals surface area (Å²) >= 11 is 0. The van der Waals surface area contributed by atoms with Gasteiger partial charge in [-0.05, 0) is 36.8 Å². The van der Waals surface area contributed by atoms with E-state index in [-0.39, 0.29) is 11.3 Å². The van der Waals surface area contributed by atoms with Crippen LogP contribution in [0.2, 0.25) is 0 Å². The summed E-state index contributed by atoms with van der Waals surface area (Å²) in [6, 6.07) is 6.98. The number of aromatic carboxylic acids is 1. The molecular weight excluding hydrogens is 280 g/mol. The normalized spacial score (nSPS) is 10.2. The summed E-state index contributed by atoms with van der Waals surface area (Å²) in [7, 11) is 0. The minimum atomic E-state index is -1.22. The highest BCUT2D eigenvalue weighted by Crippen LogP contribution is 2.21. The number of hydrogen-bond acceptors (Lipinski definition) is 2. The zero-order valence-corrected chi connectivity index (χ0v) is 11.0. The minimum absolute atomic E-state index is 0.0242. The molecule has 4 nitrogen and oxygen atoms in total. The number of carbonyl (C=O) groups excluding carboxylic acids is 1. The molecule has 0 aliphatic carbocycles. The van der Waals surface area contributed by atoms with Crippen molar-refractivity contribution in [3.8, 4) is 0 Å². The van der Waals surface area contributed by atoms with E-state index in [9.17, 15) is 18.4 Å². The second-order valence-electron chi connectivity index (χ2n) is 4.38. The van der Waals surface area contributed by atoms with Gasteiger partial charge in [0.15, 0.2) is 0 Å². The molecule has 0 bridgehead atoms. The number of nitrogens with one attached hydrogen (secondary N) is 1. The molecule has 2 aromatic rings. The highest BCUT2D eigenvalue weighted by atomic mass is 19.1. The van der Waals surface area contributed by atoms with Gasteiger partial charge in [0.2, 0.25) is 0 Å². The summed E-state index contributed by atoms with van der Waals surface area (Å²) < 4.78 is 26.6. The molecule has 6 heteroatoms. The molecule has 0 saturated heterocycles. The van der Waals surface area contributed by atoms with E-state index in [1.165, 1.54) is 6.07 Å². The highest BCUT2D eigenvalue weighted by Gasteiger charge is 2.18. The van der Waals surface area contributed by atoms with Gasteiger partial charge in [0.25, 0.3) is 5.91 Å². The molecule has 0 fully saturated rings. The van der Waals surface area contributed by atoms with Crippen LogP contribution in [0.3, 0.4) is 0 Å². The molecule has 0 aromatic heterocycles. The van der Waals surface area contributed by atoms with Crippen LogP contribution in [-0.2, 0) is 0 Å². The summed E-state index contributed by atoms with van der Waals surface area (Å²) in [6.07, 6.45) is 0. The third-order valence-corrected chi connectivity index (χ3v) is 2.91. The maximum atomic E-state index is 13.5. The fourth-order valence-electron chi connectivity index (χ4n) is 1.92. The van der Waals surface area contributed by atoms with Gasteiger partial charge in [-0.1, -0.05) is 12.1 Å². The maximum absolute atomic E-state index is 13.5. The Labute approximate surface area is 119 Å². The van der Waals surface area contributed by atoms with E-state index in [2.05, 4.69) is 5.32 Å². The molecule has 2 rings (SSSR count). The Balaban J connectivity index is 2.39. The van der Waals surface area contributed by atoms with Crippen molar-refractivity contribution >= 4 is 17.6 Å². The van der Waals surface area contributed by atoms with E-state index in [4.69, 9.17) is 5.11 Å². The van der Waals surface area contributed by atoms with E-state index in [0.717, 1.165) is 18.2 Å². The van der Waals surface area contributed by atoms with E-state index >= 15 is 0 Å². The first-order valence-electron chi connectivity index (χ1n) is 5.99. The summed E-state index contributed by atoms with van der Waals surface area (Å²) in [5, 5.41) is 11.4. The molecule has 0 heterocycles. The predicted octanol–water partition coefficient (Wildman–Crippen LogP) is 3.22. The average molecular weight is 291 g/mol. The molecule has 21 heavy (non-hydrogen) atoms. The third kappa shape index (κ3) is 3.05. The van der Waals surface area contributed by atoms with Crippen molar-refractivity contribution in [1.29, 1.82) is 0 Å². The van der Waals surface area contributed by atoms with Gasteiger partial charge >= 0.3 is 5.97 Å². The van der Waals surface area contributed by atoms with Crippen LogP contribution in [0.1, 0.15) is 26.3 Å². The number of anilines is 1.